The van der Waals surface area contributed by atoms with Gasteiger partial charge in [0.1, 0.15) is 19.3 Å². The summed E-state index contributed by atoms with van der Waals surface area (Å²) in [6, 6.07) is 15.0. The number of ether oxygens (including phenoxy) is 3. The molecule has 0 atom stereocenters. The quantitative estimate of drug-likeness (QED) is 0.619. The Bertz CT molecular complexity index is 1120. The number of nitrogens with two attached hydrogens (primary N) is 1. The van der Waals surface area contributed by atoms with Crippen LogP contribution in [0.3, 0.4) is 0 Å². The van der Waals surface area contributed by atoms with Crippen LogP contribution in [-0.2, 0) is 0 Å². The van der Waals surface area contributed by atoms with Gasteiger partial charge in [0.25, 0.3) is 0 Å². The molecule has 9 heteroatoms. The fraction of sp³-hybridized carbons (Fsp3) is 0.143. The number of hydrogen-bond donors (Lipinski definition) is 2. The molecule has 2 aromatic carbocycles. The zero-order chi connectivity index (χ0) is 20.9. The van der Waals surface area contributed by atoms with E-state index in [4.69, 9.17) is 19.9 Å². The second kappa shape index (κ2) is 8.36. The summed E-state index contributed by atoms with van der Waals surface area (Å²) in [5.41, 5.74) is 7.50. The summed E-state index contributed by atoms with van der Waals surface area (Å²) < 4.78 is 16.6. The van der Waals surface area contributed by atoms with Crippen LogP contribution in [-0.4, -0.2) is 35.3 Å². The van der Waals surface area contributed by atoms with Gasteiger partial charge in [0.15, 0.2) is 17.3 Å². The van der Waals surface area contributed by atoms with Gasteiger partial charge in [-0.25, -0.2) is 0 Å². The van der Waals surface area contributed by atoms with Gasteiger partial charge < -0.3 is 25.3 Å². The SMILES string of the molecule is COc1cc(/C=C(\C#N)c2nc(N)nc(Nc3ccccc3)n2)cc2c1OCCO2. The molecule has 0 radical (unpaired) electrons. The molecule has 0 spiro atoms. The minimum Gasteiger partial charge on any atom is -0.493 e. The van der Waals surface area contributed by atoms with Crippen LogP contribution in [0.2, 0.25) is 0 Å². The average Bonchev–Trinajstić information content (AvgIpc) is 2.77. The van der Waals surface area contributed by atoms with Crippen molar-refractivity contribution < 1.29 is 14.2 Å². The third-order valence-electron chi connectivity index (χ3n) is 4.21. The maximum atomic E-state index is 9.71. The van der Waals surface area contributed by atoms with Crippen molar-refractivity contribution in [3.05, 3.63) is 53.9 Å². The molecule has 3 N–H and O–H groups in total. The summed E-state index contributed by atoms with van der Waals surface area (Å²) >= 11 is 0. The maximum absolute atomic E-state index is 9.71. The van der Waals surface area contributed by atoms with Crippen molar-refractivity contribution in [1.29, 1.82) is 5.26 Å². The Balaban J connectivity index is 1.70. The van der Waals surface area contributed by atoms with Crippen molar-refractivity contribution in [3.8, 4) is 23.3 Å². The molecule has 0 saturated carbocycles. The Hall–Kier alpha value is -4.32. The Morgan fingerprint density at radius 3 is 2.73 bits per heavy atom. The normalized spacial score (nSPS) is 12.7. The minimum atomic E-state index is -0.000615. The Morgan fingerprint density at radius 2 is 1.97 bits per heavy atom. The lowest BCUT2D eigenvalue weighted by Gasteiger charge is -2.21. The predicted octanol–water partition coefficient (Wildman–Crippen LogP) is 3.04. The van der Waals surface area contributed by atoms with Crippen LogP contribution < -0.4 is 25.3 Å². The number of para-hydroxylation sites is 1. The molecule has 2 heterocycles. The van der Waals surface area contributed by atoms with Crippen molar-refractivity contribution >= 4 is 29.2 Å². The van der Waals surface area contributed by atoms with E-state index in [0.717, 1.165) is 5.69 Å². The molecule has 150 valence electrons. The summed E-state index contributed by atoms with van der Waals surface area (Å²) in [5, 5.41) is 12.8. The molecular weight excluding hydrogens is 384 g/mol. The maximum Gasteiger partial charge on any atom is 0.232 e. The molecule has 0 aliphatic carbocycles. The van der Waals surface area contributed by atoms with Gasteiger partial charge in [-0.05, 0) is 35.9 Å². The molecule has 0 amide bonds. The van der Waals surface area contributed by atoms with Crippen LogP contribution >= 0.6 is 0 Å². The van der Waals surface area contributed by atoms with Crippen molar-refractivity contribution in [2.45, 2.75) is 0 Å². The molecule has 0 bridgehead atoms. The first kappa shape index (κ1) is 19.0. The first-order valence-corrected chi connectivity index (χ1v) is 9.09. The van der Waals surface area contributed by atoms with Gasteiger partial charge in [0.2, 0.25) is 17.6 Å². The first-order chi connectivity index (χ1) is 14.7. The average molecular weight is 402 g/mol. The second-order valence-corrected chi connectivity index (χ2v) is 6.25. The molecule has 0 fully saturated rings. The van der Waals surface area contributed by atoms with E-state index in [1.807, 2.05) is 30.3 Å². The van der Waals surface area contributed by atoms with Crippen LogP contribution in [0.15, 0.2) is 42.5 Å². The van der Waals surface area contributed by atoms with E-state index >= 15 is 0 Å². The molecule has 4 rings (SSSR count). The first-order valence-electron chi connectivity index (χ1n) is 9.09. The Morgan fingerprint density at radius 1 is 1.17 bits per heavy atom. The third kappa shape index (κ3) is 4.07. The predicted molar refractivity (Wildman–Crippen MR) is 111 cm³/mol. The molecule has 0 unspecified atom stereocenters. The summed E-state index contributed by atoms with van der Waals surface area (Å²) in [5.74, 6) is 1.99. The number of nitrogens with one attached hydrogen (secondary N) is 1. The number of nitrogen functional groups attached to an aromatic ring is 1. The van der Waals surface area contributed by atoms with Gasteiger partial charge in [-0.2, -0.15) is 20.2 Å². The lowest BCUT2D eigenvalue weighted by atomic mass is 10.1. The standard InChI is InChI=1S/C21H18N6O3/c1-28-16-10-13(11-17-18(16)30-8-7-29-17)9-14(12-22)19-25-20(23)27-21(26-19)24-15-5-3-2-4-6-15/h2-6,9-11H,7-8H2,1H3,(H3,23,24,25,26,27)/b14-9+. The monoisotopic (exact) mass is 402 g/mol. The van der Waals surface area contributed by atoms with Gasteiger partial charge in [0, 0.05) is 5.69 Å². The van der Waals surface area contributed by atoms with E-state index in [2.05, 4.69) is 26.3 Å². The second-order valence-electron chi connectivity index (χ2n) is 6.25. The van der Waals surface area contributed by atoms with Crippen molar-refractivity contribution in [1.82, 2.24) is 15.0 Å². The van der Waals surface area contributed by atoms with Crippen LogP contribution in [0.25, 0.3) is 11.6 Å². The highest BCUT2D eigenvalue weighted by atomic mass is 16.6. The number of rotatable bonds is 5. The molecule has 1 aliphatic heterocycles. The smallest absolute Gasteiger partial charge is 0.232 e. The van der Waals surface area contributed by atoms with E-state index in [-0.39, 0.29) is 23.3 Å². The molecule has 0 saturated heterocycles. The highest BCUT2D eigenvalue weighted by Crippen LogP contribution is 2.41. The zero-order valence-corrected chi connectivity index (χ0v) is 16.1. The fourth-order valence-electron chi connectivity index (χ4n) is 2.91. The van der Waals surface area contributed by atoms with Gasteiger partial charge in [-0.3, -0.25) is 0 Å². The van der Waals surface area contributed by atoms with E-state index in [0.29, 0.717) is 36.0 Å². The lowest BCUT2D eigenvalue weighted by Crippen LogP contribution is -2.16. The summed E-state index contributed by atoms with van der Waals surface area (Å²) in [7, 11) is 1.54. The van der Waals surface area contributed by atoms with Crippen LogP contribution in [0.5, 0.6) is 17.2 Å². The molecule has 1 aromatic heterocycles. The lowest BCUT2D eigenvalue weighted by molar-refractivity contribution is 0.165. The number of anilines is 3. The number of nitrogens with zero attached hydrogens (tertiary/aromatic N) is 4. The molecular formula is C21H18N6O3. The topological polar surface area (TPSA) is 128 Å². The van der Waals surface area contributed by atoms with Gasteiger partial charge in [-0.1, -0.05) is 18.2 Å². The van der Waals surface area contributed by atoms with Crippen LogP contribution in [0.4, 0.5) is 17.6 Å². The summed E-state index contributed by atoms with van der Waals surface area (Å²) in [6.07, 6.45) is 1.63. The minimum absolute atomic E-state index is 0.000615. The van der Waals surface area contributed by atoms with Gasteiger partial charge in [0.05, 0.1) is 12.7 Å². The highest BCUT2D eigenvalue weighted by Gasteiger charge is 2.19. The molecule has 30 heavy (non-hydrogen) atoms. The van der Waals surface area contributed by atoms with Crippen molar-refractivity contribution in [3.63, 3.8) is 0 Å². The number of benzene rings is 2. The molecule has 1 aliphatic rings. The zero-order valence-electron chi connectivity index (χ0n) is 16.1. The largest absolute Gasteiger partial charge is 0.493 e. The van der Waals surface area contributed by atoms with E-state index < -0.39 is 0 Å². The highest BCUT2D eigenvalue weighted by molar-refractivity contribution is 5.88. The van der Waals surface area contributed by atoms with Crippen molar-refractivity contribution in [2.75, 3.05) is 31.4 Å². The number of hydrogen-bond acceptors (Lipinski definition) is 9. The Labute approximate surface area is 172 Å². The number of allylic oxidation sites excluding steroid dienone is 1. The van der Waals surface area contributed by atoms with Crippen LogP contribution in [0, 0.1) is 11.3 Å². The fourth-order valence-corrected chi connectivity index (χ4v) is 2.91. The Kier molecular flexibility index (Phi) is 5.30. The number of aromatic nitrogens is 3. The van der Waals surface area contributed by atoms with E-state index in [1.54, 1.807) is 25.3 Å². The number of methoxy groups -OCH3 is 1. The van der Waals surface area contributed by atoms with E-state index in [1.165, 1.54) is 0 Å². The summed E-state index contributed by atoms with van der Waals surface area (Å²) in [6.45, 7) is 0.885. The van der Waals surface area contributed by atoms with Gasteiger partial charge >= 0.3 is 0 Å². The number of nitriles is 1. The van der Waals surface area contributed by atoms with E-state index in [9.17, 15) is 5.26 Å². The summed E-state index contributed by atoms with van der Waals surface area (Å²) in [4.78, 5) is 12.5. The van der Waals surface area contributed by atoms with Crippen molar-refractivity contribution in [2.24, 2.45) is 0 Å². The van der Waals surface area contributed by atoms with Crippen LogP contribution in [0.1, 0.15) is 11.4 Å². The molecule has 9 nitrogen and oxygen atoms in total. The molecule has 3 aromatic rings. The third-order valence-corrected chi connectivity index (χ3v) is 4.21. The number of fused-ring (bicyclic) bond motifs is 1. The van der Waals surface area contributed by atoms with Gasteiger partial charge in [-0.15, -0.1) is 0 Å².